The molecule has 0 unspecified atom stereocenters. The first kappa shape index (κ1) is 17.4. The maximum absolute atomic E-state index is 12.8. The minimum absolute atomic E-state index is 0.0394. The van der Waals surface area contributed by atoms with E-state index in [0.717, 1.165) is 31.4 Å². The molecular weight excluding hydrogens is 302 g/mol. The van der Waals surface area contributed by atoms with Gasteiger partial charge in [0.05, 0.1) is 11.4 Å². The third-order valence-electron chi connectivity index (χ3n) is 4.55. The van der Waals surface area contributed by atoms with Crippen molar-refractivity contribution in [1.82, 2.24) is 14.5 Å². The molecular formula is C15H27N3O3S. The lowest BCUT2D eigenvalue weighted by molar-refractivity contribution is 0.180. The molecule has 0 atom stereocenters. The van der Waals surface area contributed by atoms with Crippen molar-refractivity contribution in [1.29, 1.82) is 0 Å². The summed E-state index contributed by atoms with van der Waals surface area (Å²) in [5, 5.41) is 13.5. The lowest BCUT2D eigenvalue weighted by Crippen LogP contribution is -2.38. The van der Waals surface area contributed by atoms with Crippen LogP contribution in [0.1, 0.15) is 50.9 Å². The summed E-state index contributed by atoms with van der Waals surface area (Å²) in [4.78, 5) is 0.365. The topological polar surface area (TPSA) is 84.2 Å². The van der Waals surface area contributed by atoms with E-state index in [1.54, 1.807) is 11.7 Å². The number of nitrogens with one attached hydrogen (secondary N) is 1. The van der Waals surface area contributed by atoms with Gasteiger partial charge in [-0.25, -0.2) is 13.1 Å². The minimum atomic E-state index is -3.54. The number of hydrogen-bond donors (Lipinski definition) is 2. The average Bonchev–Trinajstić information content (AvgIpc) is 2.84. The lowest BCUT2D eigenvalue weighted by Gasteiger charge is -2.27. The van der Waals surface area contributed by atoms with Crippen LogP contribution in [0.15, 0.2) is 4.90 Å². The van der Waals surface area contributed by atoms with Gasteiger partial charge in [-0.1, -0.05) is 13.8 Å². The molecule has 0 aromatic carbocycles. The standard InChI is InChI=1S/C15H27N3O3S/c1-4-13-15(14(5-2)18(3)16-13)22(20,21)17-12-8-6-11(10-19)7-9-12/h11-12,17,19H,4-10H2,1-3H3. The van der Waals surface area contributed by atoms with Gasteiger partial charge < -0.3 is 5.11 Å². The van der Waals surface area contributed by atoms with Gasteiger partial charge in [-0.3, -0.25) is 4.68 Å². The molecule has 1 aromatic heterocycles. The summed E-state index contributed by atoms with van der Waals surface area (Å²) >= 11 is 0. The maximum Gasteiger partial charge on any atom is 0.244 e. The van der Waals surface area contributed by atoms with Crippen LogP contribution in [0.25, 0.3) is 0 Å². The van der Waals surface area contributed by atoms with Crippen molar-refractivity contribution >= 4 is 10.0 Å². The van der Waals surface area contributed by atoms with Crippen LogP contribution in [0.4, 0.5) is 0 Å². The molecule has 7 heteroatoms. The van der Waals surface area contributed by atoms with Crippen molar-refractivity contribution in [2.75, 3.05) is 6.61 Å². The van der Waals surface area contributed by atoms with Crippen LogP contribution in [-0.4, -0.2) is 36.0 Å². The smallest absolute Gasteiger partial charge is 0.244 e. The highest BCUT2D eigenvalue weighted by molar-refractivity contribution is 7.89. The van der Waals surface area contributed by atoms with E-state index in [1.165, 1.54) is 0 Å². The van der Waals surface area contributed by atoms with Crippen molar-refractivity contribution in [3.05, 3.63) is 11.4 Å². The van der Waals surface area contributed by atoms with Crippen LogP contribution < -0.4 is 4.72 Å². The second-order valence-electron chi connectivity index (χ2n) is 6.07. The molecule has 126 valence electrons. The van der Waals surface area contributed by atoms with Gasteiger partial charge in [0, 0.05) is 19.7 Å². The molecule has 0 bridgehead atoms. The molecule has 1 aliphatic rings. The Morgan fingerprint density at radius 2 is 1.86 bits per heavy atom. The Labute approximate surface area is 133 Å². The molecule has 1 aromatic rings. The second-order valence-corrected chi connectivity index (χ2v) is 7.73. The summed E-state index contributed by atoms with van der Waals surface area (Å²) in [6, 6.07) is -0.0394. The van der Waals surface area contributed by atoms with Gasteiger partial charge in [0.1, 0.15) is 4.90 Å². The van der Waals surface area contributed by atoms with Crippen LogP contribution in [0, 0.1) is 5.92 Å². The zero-order valence-electron chi connectivity index (χ0n) is 13.7. The molecule has 1 fully saturated rings. The number of sulfonamides is 1. The molecule has 6 nitrogen and oxygen atoms in total. The van der Waals surface area contributed by atoms with Crippen molar-refractivity contribution in [3.8, 4) is 0 Å². The molecule has 0 radical (unpaired) electrons. The Balaban J connectivity index is 2.21. The molecule has 1 aliphatic carbocycles. The largest absolute Gasteiger partial charge is 0.396 e. The van der Waals surface area contributed by atoms with E-state index < -0.39 is 10.0 Å². The Hall–Kier alpha value is -0.920. The quantitative estimate of drug-likeness (QED) is 0.826. The first-order valence-corrected chi connectivity index (χ1v) is 9.59. The third kappa shape index (κ3) is 3.52. The minimum Gasteiger partial charge on any atom is -0.396 e. The van der Waals surface area contributed by atoms with E-state index >= 15 is 0 Å². The molecule has 2 rings (SSSR count). The highest BCUT2D eigenvalue weighted by Crippen LogP contribution is 2.27. The Bertz CT molecular complexity index is 602. The van der Waals surface area contributed by atoms with Crippen LogP contribution in [0.5, 0.6) is 0 Å². The maximum atomic E-state index is 12.8. The Morgan fingerprint density at radius 3 is 2.36 bits per heavy atom. The van der Waals surface area contributed by atoms with E-state index in [4.69, 9.17) is 0 Å². The summed E-state index contributed by atoms with van der Waals surface area (Å²) < 4.78 is 30.2. The SMILES string of the molecule is CCc1nn(C)c(CC)c1S(=O)(=O)NC1CCC(CO)CC1. The van der Waals surface area contributed by atoms with Crippen LogP contribution in [0.2, 0.25) is 0 Å². The van der Waals surface area contributed by atoms with Gasteiger partial charge in [-0.15, -0.1) is 0 Å². The molecule has 1 saturated carbocycles. The van der Waals surface area contributed by atoms with Crippen molar-refractivity contribution in [2.24, 2.45) is 13.0 Å². The van der Waals surface area contributed by atoms with Gasteiger partial charge >= 0.3 is 0 Å². The van der Waals surface area contributed by atoms with E-state index in [0.29, 0.717) is 29.3 Å². The number of nitrogens with zero attached hydrogens (tertiary/aromatic N) is 2. The summed E-state index contributed by atoms with van der Waals surface area (Å²) in [6.07, 6.45) is 4.55. The number of aliphatic hydroxyl groups is 1. The lowest BCUT2D eigenvalue weighted by atomic mass is 9.87. The van der Waals surface area contributed by atoms with Gasteiger partial charge in [-0.2, -0.15) is 5.10 Å². The number of aromatic nitrogens is 2. The predicted molar refractivity (Wildman–Crippen MR) is 85.1 cm³/mol. The third-order valence-corrected chi connectivity index (χ3v) is 6.20. The highest BCUT2D eigenvalue weighted by atomic mass is 32.2. The fraction of sp³-hybridized carbons (Fsp3) is 0.800. The first-order valence-electron chi connectivity index (χ1n) is 8.10. The normalized spacial score (nSPS) is 22.9. The number of rotatable bonds is 6. The molecule has 0 spiro atoms. The zero-order valence-corrected chi connectivity index (χ0v) is 14.5. The van der Waals surface area contributed by atoms with Crippen molar-refractivity contribution in [3.63, 3.8) is 0 Å². The van der Waals surface area contributed by atoms with E-state index in [1.807, 2.05) is 13.8 Å². The molecule has 2 N–H and O–H groups in total. The van der Waals surface area contributed by atoms with E-state index in [9.17, 15) is 13.5 Å². The van der Waals surface area contributed by atoms with Crippen molar-refractivity contribution in [2.45, 2.75) is 63.3 Å². The van der Waals surface area contributed by atoms with Gasteiger partial charge in [0.2, 0.25) is 10.0 Å². The molecule has 1 heterocycles. The van der Waals surface area contributed by atoms with Gasteiger partial charge in [-0.05, 0) is 44.4 Å². The van der Waals surface area contributed by atoms with Crippen LogP contribution >= 0.6 is 0 Å². The predicted octanol–water partition coefficient (Wildman–Crippen LogP) is 1.37. The van der Waals surface area contributed by atoms with Crippen LogP contribution in [0.3, 0.4) is 0 Å². The molecule has 22 heavy (non-hydrogen) atoms. The van der Waals surface area contributed by atoms with E-state index in [-0.39, 0.29) is 12.6 Å². The molecule has 0 amide bonds. The summed E-state index contributed by atoms with van der Waals surface area (Å²) in [7, 11) is -1.75. The summed E-state index contributed by atoms with van der Waals surface area (Å²) in [5.74, 6) is 0.316. The Kier molecular flexibility index (Phi) is 5.63. The number of hydrogen-bond acceptors (Lipinski definition) is 4. The zero-order chi connectivity index (χ0) is 16.3. The van der Waals surface area contributed by atoms with Crippen LogP contribution in [-0.2, 0) is 29.9 Å². The van der Waals surface area contributed by atoms with Gasteiger partial charge in [0.15, 0.2) is 0 Å². The fourth-order valence-electron chi connectivity index (χ4n) is 3.27. The van der Waals surface area contributed by atoms with Gasteiger partial charge in [0.25, 0.3) is 0 Å². The summed E-state index contributed by atoms with van der Waals surface area (Å²) in [5.41, 5.74) is 1.39. The fourth-order valence-corrected chi connectivity index (χ4v) is 5.15. The number of aryl methyl sites for hydroxylation is 2. The van der Waals surface area contributed by atoms with E-state index in [2.05, 4.69) is 9.82 Å². The second kappa shape index (κ2) is 7.10. The Morgan fingerprint density at radius 1 is 1.23 bits per heavy atom. The first-order chi connectivity index (χ1) is 10.4. The summed E-state index contributed by atoms with van der Waals surface area (Å²) in [6.45, 7) is 4.07. The van der Waals surface area contributed by atoms with Crippen molar-refractivity contribution < 1.29 is 13.5 Å². The molecule has 0 saturated heterocycles. The molecule has 0 aliphatic heterocycles. The monoisotopic (exact) mass is 329 g/mol. The number of aliphatic hydroxyl groups excluding tert-OH is 1. The highest BCUT2D eigenvalue weighted by Gasteiger charge is 2.30. The average molecular weight is 329 g/mol.